The second-order valence-corrected chi connectivity index (χ2v) is 10.1. The van der Waals surface area contributed by atoms with Gasteiger partial charge in [0, 0.05) is 19.7 Å². The number of likely N-dealkylation sites (tertiary alicyclic amines) is 1. The third-order valence-electron chi connectivity index (χ3n) is 7.90. The van der Waals surface area contributed by atoms with E-state index < -0.39 is 0 Å². The molecule has 0 aromatic carbocycles. The molecule has 0 radical (unpaired) electrons. The normalized spacial score (nSPS) is 42.0. The minimum Gasteiger partial charge on any atom is -0.389 e. The van der Waals surface area contributed by atoms with Crippen molar-refractivity contribution in [3.05, 3.63) is 0 Å². The third-order valence-corrected chi connectivity index (χ3v) is 7.90. The summed E-state index contributed by atoms with van der Waals surface area (Å²) in [5.41, 5.74) is 0.612. The van der Waals surface area contributed by atoms with Crippen molar-refractivity contribution in [2.24, 2.45) is 29.1 Å². The molecule has 5 fully saturated rings. The van der Waals surface area contributed by atoms with Gasteiger partial charge in [-0.2, -0.15) is 0 Å². The fraction of sp³-hybridized carbons (Fsp3) is 1.00. The summed E-state index contributed by atoms with van der Waals surface area (Å²) in [4.78, 5) is 2.45. The molecule has 4 aliphatic carbocycles. The van der Waals surface area contributed by atoms with Crippen LogP contribution in [-0.4, -0.2) is 49.0 Å². The maximum Gasteiger partial charge on any atom is 0.0900 e. The van der Waals surface area contributed by atoms with E-state index in [-0.39, 0.29) is 6.10 Å². The van der Waals surface area contributed by atoms with Crippen molar-refractivity contribution >= 4 is 0 Å². The highest BCUT2D eigenvalue weighted by Gasteiger charge is 2.50. The topological polar surface area (TPSA) is 32.7 Å². The Bertz CT molecular complexity index is 402. The molecule has 0 amide bonds. The van der Waals surface area contributed by atoms with E-state index in [0.29, 0.717) is 12.0 Å². The van der Waals surface area contributed by atoms with Crippen LogP contribution in [0.4, 0.5) is 0 Å². The number of piperidine rings is 1. The van der Waals surface area contributed by atoms with E-state index in [1.807, 2.05) is 0 Å². The summed E-state index contributed by atoms with van der Waals surface area (Å²) in [7, 11) is 0. The van der Waals surface area contributed by atoms with Crippen molar-refractivity contribution in [2.75, 3.05) is 32.8 Å². The first-order valence-corrected chi connectivity index (χ1v) is 11.1. The predicted molar refractivity (Wildman–Crippen MR) is 102 cm³/mol. The van der Waals surface area contributed by atoms with Crippen LogP contribution in [0, 0.1) is 29.1 Å². The lowest BCUT2D eigenvalue weighted by Crippen LogP contribution is -2.46. The fourth-order valence-electron chi connectivity index (χ4n) is 7.11. The second kappa shape index (κ2) is 7.86. The summed E-state index contributed by atoms with van der Waals surface area (Å²) in [5.74, 6) is 3.92. The highest BCUT2D eigenvalue weighted by molar-refractivity contribution is 5.01. The van der Waals surface area contributed by atoms with E-state index >= 15 is 0 Å². The van der Waals surface area contributed by atoms with Crippen molar-refractivity contribution in [3.63, 3.8) is 0 Å². The van der Waals surface area contributed by atoms with Crippen LogP contribution in [-0.2, 0) is 4.74 Å². The summed E-state index contributed by atoms with van der Waals surface area (Å²) >= 11 is 0. The van der Waals surface area contributed by atoms with Gasteiger partial charge < -0.3 is 14.7 Å². The number of hydrogen-bond acceptors (Lipinski definition) is 3. The third kappa shape index (κ3) is 4.42. The van der Waals surface area contributed by atoms with Crippen LogP contribution < -0.4 is 0 Å². The van der Waals surface area contributed by atoms with Crippen LogP contribution in [0.25, 0.3) is 0 Å². The molecule has 25 heavy (non-hydrogen) atoms. The largest absolute Gasteiger partial charge is 0.389 e. The van der Waals surface area contributed by atoms with Gasteiger partial charge in [-0.05, 0) is 93.4 Å². The van der Waals surface area contributed by atoms with Gasteiger partial charge in [0.05, 0.1) is 12.7 Å². The molecule has 0 aromatic heterocycles. The van der Waals surface area contributed by atoms with Gasteiger partial charge in [0.25, 0.3) is 0 Å². The van der Waals surface area contributed by atoms with Crippen molar-refractivity contribution in [3.8, 4) is 0 Å². The monoisotopic (exact) mass is 349 g/mol. The lowest BCUT2D eigenvalue weighted by atomic mass is 9.49. The Morgan fingerprint density at radius 3 is 2.44 bits per heavy atom. The number of aliphatic hydroxyl groups is 1. The van der Waals surface area contributed by atoms with Crippen molar-refractivity contribution < 1.29 is 9.84 Å². The van der Waals surface area contributed by atoms with Crippen LogP contribution in [0.3, 0.4) is 0 Å². The smallest absolute Gasteiger partial charge is 0.0900 e. The summed E-state index contributed by atoms with van der Waals surface area (Å²) in [6, 6.07) is 0. The molecular weight excluding hydrogens is 310 g/mol. The Balaban J connectivity index is 1.15. The molecule has 4 bridgehead atoms. The number of nitrogens with zero attached hydrogens (tertiary/aromatic N) is 1. The Labute approximate surface area is 154 Å². The predicted octanol–water partition coefficient (Wildman–Crippen LogP) is 4.09. The van der Waals surface area contributed by atoms with Gasteiger partial charge in [-0.1, -0.05) is 13.3 Å². The van der Waals surface area contributed by atoms with Gasteiger partial charge in [0.2, 0.25) is 0 Å². The molecule has 1 aliphatic heterocycles. The minimum absolute atomic E-state index is 0.313. The molecule has 2 atom stereocenters. The SMILES string of the molecule is CC[C@@H]1CCCN(C[C@H](O)COCCC23CC4CC(CC(C4)C2)C3)C1. The average Bonchev–Trinajstić information content (AvgIpc) is 2.58. The molecule has 3 heteroatoms. The van der Waals surface area contributed by atoms with Gasteiger partial charge in [-0.25, -0.2) is 0 Å². The first kappa shape index (κ1) is 18.3. The highest BCUT2D eigenvalue weighted by Crippen LogP contribution is 2.61. The molecule has 0 unspecified atom stereocenters. The quantitative estimate of drug-likeness (QED) is 0.670. The van der Waals surface area contributed by atoms with E-state index in [4.69, 9.17) is 4.74 Å². The van der Waals surface area contributed by atoms with Gasteiger partial charge in [0.15, 0.2) is 0 Å². The lowest BCUT2D eigenvalue weighted by Gasteiger charge is -2.57. The van der Waals surface area contributed by atoms with Crippen molar-refractivity contribution in [1.82, 2.24) is 4.90 Å². The van der Waals surface area contributed by atoms with E-state index in [1.54, 1.807) is 0 Å². The van der Waals surface area contributed by atoms with Crippen molar-refractivity contribution in [2.45, 2.75) is 77.2 Å². The molecule has 5 aliphatic rings. The summed E-state index contributed by atoms with van der Waals surface area (Å²) < 4.78 is 5.95. The zero-order valence-corrected chi connectivity index (χ0v) is 16.3. The minimum atomic E-state index is -0.313. The van der Waals surface area contributed by atoms with Crippen LogP contribution >= 0.6 is 0 Å². The van der Waals surface area contributed by atoms with Crippen LogP contribution in [0.5, 0.6) is 0 Å². The number of rotatable bonds is 8. The molecule has 5 rings (SSSR count). The molecule has 1 heterocycles. The molecule has 3 nitrogen and oxygen atoms in total. The maximum atomic E-state index is 10.4. The molecule has 144 valence electrons. The zero-order chi connectivity index (χ0) is 17.3. The van der Waals surface area contributed by atoms with Gasteiger partial charge in [-0.15, -0.1) is 0 Å². The molecular formula is C22H39NO2. The van der Waals surface area contributed by atoms with E-state index in [9.17, 15) is 5.11 Å². The molecule has 0 spiro atoms. The lowest BCUT2D eigenvalue weighted by molar-refractivity contribution is -0.0744. The highest BCUT2D eigenvalue weighted by atomic mass is 16.5. The van der Waals surface area contributed by atoms with Gasteiger partial charge in [0.1, 0.15) is 0 Å². The second-order valence-electron chi connectivity index (χ2n) is 10.1. The van der Waals surface area contributed by atoms with E-state index in [2.05, 4.69) is 11.8 Å². The molecule has 1 saturated heterocycles. The van der Waals surface area contributed by atoms with Crippen LogP contribution in [0.1, 0.15) is 71.1 Å². The average molecular weight is 350 g/mol. The standard InChI is InChI=1S/C22H39NO2/c1-2-17-4-3-6-23(14-17)15-21(24)16-25-7-5-22-11-18-8-19(12-22)10-20(9-18)13-22/h17-21,24H,2-16H2,1H3/t17-,18?,19?,20?,21+,22?/m1/s1. The van der Waals surface area contributed by atoms with Crippen molar-refractivity contribution in [1.29, 1.82) is 0 Å². The van der Waals surface area contributed by atoms with Crippen LogP contribution in [0.2, 0.25) is 0 Å². The van der Waals surface area contributed by atoms with E-state index in [1.165, 1.54) is 70.8 Å². The Hall–Kier alpha value is -0.120. The van der Waals surface area contributed by atoms with Gasteiger partial charge in [-0.3, -0.25) is 0 Å². The van der Waals surface area contributed by atoms with Crippen LogP contribution in [0.15, 0.2) is 0 Å². The first-order valence-electron chi connectivity index (χ1n) is 11.1. The number of β-amino-alcohol motifs (C(OH)–C–C–N with tert-alkyl or cyclic N) is 1. The van der Waals surface area contributed by atoms with Gasteiger partial charge >= 0.3 is 0 Å². The number of ether oxygens (including phenoxy) is 1. The Kier molecular flexibility index (Phi) is 5.74. The summed E-state index contributed by atoms with van der Waals surface area (Å²) in [6.45, 7) is 6.80. The Morgan fingerprint density at radius 2 is 1.80 bits per heavy atom. The molecule has 0 aromatic rings. The Morgan fingerprint density at radius 1 is 1.12 bits per heavy atom. The maximum absolute atomic E-state index is 10.4. The molecule has 1 N–H and O–H groups in total. The molecule has 4 saturated carbocycles. The number of aliphatic hydroxyl groups excluding tert-OH is 1. The number of hydrogen-bond donors (Lipinski definition) is 1. The summed E-state index contributed by atoms with van der Waals surface area (Å²) in [6.07, 6.45) is 13.8. The first-order chi connectivity index (χ1) is 12.1. The fourth-order valence-corrected chi connectivity index (χ4v) is 7.11. The summed E-state index contributed by atoms with van der Waals surface area (Å²) in [5, 5.41) is 10.4. The van der Waals surface area contributed by atoms with E-state index in [0.717, 1.165) is 43.4 Å². The zero-order valence-electron chi connectivity index (χ0n) is 16.3.